The molecule has 2 atom stereocenters. The summed E-state index contributed by atoms with van der Waals surface area (Å²) in [6, 6.07) is 0.506. The molecule has 1 saturated heterocycles. The van der Waals surface area contributed by atoms with Gasteiger partial charge in [-0.25, -0.2) is 0 Å². The SMILES string of the molecule is [CH2-]CC1CCCN(C)C1[CH2-].[Y]. The van der Waals surface area contributed by atoms with Crippen LogP contribution in [0.3, 0.4) is 0 Å². The standard InChI is InChI=1S/C9H17N.Y/c1-4-9-6-5-7-10(3)8(9)2;/h8-9H,1-2,4-7H2,3H3;/q-2;. The molecule has 0 aromatic heterocycles. The van der Waals surface area contributed by atoms with E-state index in [9.17, 15) is 0 Å². The number of likely N-dealkylation sites (tertiary alicyclic amines) is 1. The van der Waals surface area contributed by atoms with Crippen molar-refractivity contribution in [2.24, 2.45) is 5.92 Å². The van der Waals surface area contributed by atoms with Crippen LogP contribution in [0.15, 0.2) is 0 Å². The van der Waals surface area contributed by atoms with Crippen LogP contribution in [0.2, 0.25) is 0 Å². The predicted octanol–water partition coefficient (Wildman–Crippen LogP) is 1.75. The first-order valence-corrected chi connectivity index (χ1v) is 4.08. The summed E-state index contributed by atoms with van der Waals surface area (Å²) in [5.74, 6) is 0.735. The molecule has 1 heterocycles. The summed E-state index contributed by atoms with van der Waals surface area (Å²) < 4.78 is 0. The molecule has 1 fully saturated rings. The van der Waals surface area contributed by atoms with Crippen molar-refractivity contribution in [2.75, 3.05) is 13.6 Å². The molecule has 0 N–H and O–H groups in total. The summed E-state index contributed by atoms with van der Waals surface area (Å²) in [6.45, 7) is 9.26. The van der Waals surface area contributed by atoms with E-state index >= 15 is 0 Å². The van der Waals surface area contributed by atoms with Crippen LogP contribution in [0.1, 0.15) is 19.3 Å². The maximum atomic E-state index is 4.12. The van der Waals surface area contributed by atoms with Gasteiger partial charge in [-0.1, -0.05) is 12.3 Å². The quantitative estimate of drug-likeness (QED) is 0.618. The third kappa shape index (κ3) is 3.12. The Balaban J connectivity index is 0.000001000. The van der Waals surface area contributed by atoms with Gasteiger partial charge in [-0.3, -0.25) is 0 Å². The summed E-state index contributed by atoms with van der Waals surface area (Å²) >= 11 is 0. The Morgan fingerprint density at radius 3 is 2.64 bits per heavy atom. The van der Waals surface area contributed by atoms with Crippen molar-refractivity contribution in [3.05, 3.63) is 13.8 Å². The summed E-state index contributed by atoms with van der Waals surface area (Å²) in [7, 11) is 2.15. The molecule has 2 heteroatoms. The number of rotatable bonds is 1. The van der Waals surface area contributed by atoms with Gasteiger partial charge in [0, 0.05) is 32.7 Å². The molecule has 0 spiro atoms. The van der Waals surface area contributed by atoms with Crippen molar-refractivity contribution < 1.29 is 32.7 Å². The molecule has 11 heavy (non-hydrogen) atoms. The van der Waals surface area contributed by atoms with Gasteiger partial charge in [-0.2, -0.15) is 6.42 Å². The second-order valence-electron chi connectivity index (χ2n) is 3.24. The van der Waals surface area contributed by atoms with E-state index in [1.165, 1.54) is 19.4 Å². The first kappa shape index (κ1) is 12.1. The van der Waals surface area contributed by atoms with E-state index in [0.717, 1.165) is 12.3 Å². The molecular formula is C9H17NY-2. The van der Waals surface area contributed by atoms with Crippen LogP contribution in [0, 0.1) is 19.8 Å². The molecule has 0 amide bonds. The van der Waals surface area contributed by atoms with Gasteiger partial charge in [-0.15, -0.1) is 6.04 Å². The van der Waals surface area contributed by atoms with Crippen LogP contribution in [0.4, 0.5) is 0 Å². The molecule has 0 aromatic carbocycles. The van der Waals surface area contributed by atoms with Gasteiger partial charge in [0.2, 0.25) is 0 Å². The molecule has 0 aliphatic carbocycles. The summed E-state index contributed by atoms with van der Waals surface area (Å²) in [5.41, 5.74) is 0. The van der Waals surface area contributed by atoms with Gasteiger partial charge in [0.25, 0.3) is 0 Å². The normalized spacial score (nSPS) is 33.0. The average Bonchev–Trinajstić information content (AvgIpc) is 1.95. The summed E-state index contributed by atoms with van der Waals surface area (Å²) in [4.78, 5) is 2.33. The molecule has 1 aliphatic heterocycles. The zero-order chi connectivity index (χ0) is 7.56. The van der Waals surface area contributed by atoms with Crippen LogP contribution in [0.5, 0.6) is 0 Å². The Morgan fingerprint density at radius 1 is 1.55 bits per heavy atom. The van der Waals surface area contributed by atoms with Crippen molar-refractivity contribution in [1.82, 2.24) is 4.90 Å². The van der Waals surface area contributed by atoms with Gasteiger partial charge in [0.05, 0.1) is 0 Å². The molecule has 1 radical (unpaired) electrons. The second-order valence-corrected chi connectivity index (χ2v) is 3.24. The molecule has 0 aromatic rings. The predicted molar refractivity (Wildman–Crippen MR) is 44.5 cm³/mol. The van der Waals surface area contributed by atoms with E-state index in [2.05, 4.69) is 25.8 Å². The monoisotopic (exact) mass is 228 g/mol. The Labute approximate surface area is 95.8 Å². The average molecular weight is 228 g/mol. The topological polar surface area (TPSA) is 3.24 Å². The van der Waals surface area contributed by atoms with Gasteiger partial charge in [0.1, 0.15) is 0 Å². The van der Waals surface area contributed by atoms with Crippen molar-refractivity contribution in [3.8, 4) is 0 Å². The maximum absolute atomic E-state index is 4.12. The minimum absolute atomic E-state index is 0. The van der Waals surface area contributed by atoms with Gasteiger partial charge < -0.3 is 18.7 Å². The minimum atomic E-state index is 0. The van der Waals surface area contributed by atoms with Crippen LogP contribution in [-0.4, -0.2) is 24.5 Å². The molecule has 1 rings (SSSR count). The van der Waals surface area contributed by atoms with E-state index in [1.54, 1.807) is 0 Å². The van der Waals surface area contributed by atoms with E-state index in [1.807, 2.05) is 0 Å². The first-order chi connectivity index (χ1) is 4.75. The number of hydrogen-bond acceptors (Lipinski definition) is 1. The molecular weight excluding hydrogens is 211 g/mol. The van der Waals surface area contributed by atoms with E-state index < -0.39 is 0 Å². The third-order valence-corrected chi connectivity index (χ3v) is 2.57. The summed E-state index contributed by atoms with van der Waals surface area (Å²) in [6.07, 6.45) is 3.68. The number of nitrogens with zero attached hydrogens (tertiary/aromatic N) is 1. The third-order valence-electron chi connectivity index (χ3n) is 2.57. The van der Waals surface area contributed by atoms with Crippen molar-refractivity contribution in [3.63, 3.8) is 0 Å². The summed E-state index contributed by atoms with van der Waals surface area (Å²) in [5, 5.41) is 0. The van der Waals surface area contributed by atoms with E-state index in [0.29, 0.717) is 6.04 Å². The zero-order valence-electron chi connectivity index (χ0n) is 7.42. The van der Waals surface area contributed by atoms with Gasteiger partial charge in [0.15, 0.2) is 0 Å². The first-order valence-electron chi connectivity index (χ1n) is 4.08. The Hall–Kier alpha value is 1.06. The fraction of sp³-hybridized carbons (Fsp3) is 0.778. The molecule has 1 aliphatic rings. The van der Waals surface area contributed by atoms with Gasteiger partial charge in [-0.05, 0) is 20.0 Å². The number of hydrogen-bond donors (Lipinski definition) is 0. The Kier molecular flexibility index (Phi) is 6.21. The molecule has 0 saturated carbocycles. The van der Waals surface area contributed by atoms with E-state index in [-0.39, 0.29) is 32.7 Å². The van der Waals surface area contributed by atoms with Crippen LogP contribution in [0.25, 0.3) is 0 Å². The second kappa shape index (κ2) is 5.67. The Morgan fingerprint density at radius 2 is 2.18 bits per heavy atom. The van der Waals surface area contributed by atoms with Crippen molar-refractivity contribution >= 4 is 0 Å². The smallest absolute Gasteiger partial charge is 0 e. The van der Waals surface area contributed by atoms with Crippen molar-refractivity contribution in [2.45, 2.75) is 25.3 Å². The van der Waals surface area contributed by atoms with Gasteiger partial charge >= 0.3 is 0 Å². The van der Waals surface area contributed by atoms with Crippen LogP contribution >= 0.6 is 0 Å². The minimum Gasteiger partial charge on any atom is -0.343 e. The fourth-order valence-electron chi connectivity index (χ4n) is 1.66. The number of piperidine rings is 1. The molecule has 0 bridgehead atoms. The maximum Gasteiger partial charge on any atom is 0 e. The Bertz CT molecular complexity index is 106. The molecule has 2 unspecified atom stereocenters. The zero-order valence-corrected chi connectivity index (χ0v) is 10.3. The fourth-order valence-corrected chi connectivity index (χ4v) is 1.66. The van der Waals surface area contributed by atoms with Crippen molar-refractivity contribution in [1.29, 1.82) is 0 Å². The molecule has 1 nitrogen and oxygen atoms in total. The molecule has 63 valence electrons. The van der Waals surface area contributed by atoms with Crippen LogP contribution in [-0.2, 0) is 32.7 Å². The van der Waals surface area contributed by atoms with E-state index in [4.69, 9.17) is 0 Å². The largest absolute Gasteiger partial charge is 0.343 e. The van der Waals surface area contributed by atoms with Crippen LogP contribution < -0.4 is 0 Å².